The van der Waals surface area contributed by atoms with Gasteiger partial charge in [-0.05, 0) is 18.6 Å². The molecule has 7 heteroatoms. The molecule has 0 N–H and O–H groups in total. The number of aryl methyl sites for hydroxylation is 1. The smallest absolute Gasteiger partial charge is 0.243 e. The van der Waals surface area contributed by atoms with Crippen molar-refractivity contribution in [3.63, 3.8) is 0 Å². The summed E-state index contributed by atoms with van der Waals surface area (Å²) in [5.74, 6) is 0.0919. The number of methoxy groups -OCH3 is 1. The molecule has 0 saturated carbocycles. The Hall–Kier alpha value is -1.70. The van der Waals surface area contributed by atoms with E-state index in [1.165, 1.54) is 0 Å². The maximum Gasteiger partial charge on any atom is 0.243 e. The predicted molar refractivity (Wildman–Crippen MR) is 86.4 cm³/mol. The summed E-state index contributed by atoms with van der Waals surface area (Å²) in [6.07, 6.45) is 3.48. The van der Waals surface area contributed by atoms with Crippen LogP contribution in [-0.2, 0) is 27.8 Å². The van der Waals surface area contributed by atoms with Gasteiger partial charge in [-0.2, -0.15) is 4.31 Å². The van der Waals surface area contributed by atoms with E-state index in [2.05, 4.69) is 4.98 Å². The average Bonchev–Trinajstić information content (AvgIpc) is 2.86. The number of nitrogens with zero attached hydrogens (tertiary/aromatic N) is 3. The minimum atomic E-state index is -3.55. The number of rotatable bonds is 4. The molecule has 1 aliphatic rings. The molecule has 124 valence electrons. The number of aromatic nitrogens is 2. The fraction of sp³-hybridized carbons (Fsp3) is 0.438. The second-order valence-electron chi connectivity index (χ2n) is 5.92. The van der Waals surface area contributed by atoms with Crippen LogP contribution in [0, 0.1) is 12.8 Å². The lowest BCUT2D eigenvalue weighted by molar-refractivity contribution is 0.134. The minimum absolute atomic E-state index is 0.0919. The molecule has 0 aliphatic carbocycles. The highest BCUT2D eigenvalue weighted by Gasteiger charge is 2.31. The third-order valence-electron chi connectivity index (χ3n) is 4.17. The average molecular weight is 335 g/mol. The van der Waals surface area contributed by atoms with E-state index in [0.717, 1.165) is 11.3 Å². The fourth-order valence-electron chi connectivity index (χ4n) is 3.02. The first-order valence-electron chi connectivity index (χ1n) is 7.56. The molecular formula is C16H21N3O3S. The van der Waals surface area contributed by atoms with E-state index < -0.39 is 10.0 Å². The highest BCUT2D eigenvalue weighted by molar-refractivity contribution is 7.89. The van der Waals surface area contributed by atoms with Gasteiger partial charge in [-0.25, -0.2) is 13.4 Å². The first-order valence-corrected chi connectivity index (χ1v) is 9.00. The number of imidazole rings is 1. The molecule has 6 nitrogen and oxygen atoms in total. The first-order chi connectivity index (χ1) is 11.0. The van der Waals surface area contributed by atoms with Gasteiger partial charge in [0.15, 0.2) is 0 Å². The zero-order chi connectivity index (χ0) is 16.4. The van der Waals surface area contributed by atoms with Crippen LogP contribution in [0.4, 0.5) is 0 Å². The quantitative estimate of drug-likeness (QED) is 0.852. The Morgan fingerprint density at radius 1 is 1.30 bits per heavy atom. The Bertz CT molecular complexity index is 785. The molecule has 1 aromatic heterocycles. The molecule has 2 aromatic rings. The van der Waals surface area contributed by atoms with Crippen molar-refractivity contribution in [2.24, 2.45) is 5.92 Å². The zero-order valence-corrected chi connectivity index (χ0v) is 14.2. The number of sulfonamides is 1. The van der Waals surface area contributed by atoms with Crippen molar-refractivity contribution in [2.45, 2.75) is 24.9 Å². The Morgan fingerprint density at radius 3 is 2.83 bits per heavy atom. The monoisotopic (exact) mass is 335 g/mol. The van der Waals surface area contributed by atoms with E-state index >= 15 is 0 Å². The second kappa shape index (κ2) is 6.43. The number of ether oxygens (including phenoxy) is 1. The number of hydrogen-bond donors (Lipinski definition) is 0. The molecule has 0 spiro atoms. The van der Waals surface area contributed by atoms with E-state index in [9.17, 15) is 8.42 Å². The van der Waals surface area contributed by atoms with Crippen molar-refractivity contribution < 1.29 is 13.2 Å². The summed E-state index contributed by atoms with van der Waals surface area (Å²) in [6.45, 7) is 3.81. The Balaban J connectivity index is 1.99. The summed E-state index contributed by atoms with van der Waals surface area (Å²) in [7, 11) is -1.91. The lowest BCUT2D eigenvalue weighted by Crippen LogP contribution is -2.35. The third kappa shape index (κ3) is 3.17. The Labute approximate surface area is 136 Å². The first kappa shape index (κ1) is 16.2. The SMILES string of the molecule is COCC1CN(S(=O)(=O)c2ccccc2C)Cc2cncn2C1. The highest BCUT2D eigenvalue weighted by Crippen LogP contribution is 2.25. The van der Waals surface area contributed by atoms with Crippen LogP contribution in [0.25, 0.3) is 0 Å². The lowest BCUT2D eigenvalue weighted by atomic mass is 10.1. The summed E-state index contributed by atoms with van der Waals surface area (Å²) in [5, 5.41) is 0. The highest BCUT2D eigenvalue weighted by atomic mass is 32.2. The van der Waals surface area contributed by atoms with Crippen molar-refractivity contribution >= 4 is 10.0 Å². The molecule has 0 fully saturated rings. The molecular weight excluding hydrogens is 314 g/mol. The van der Waals surface area contributed by atoms with Gasteiger partial charge in [0.25, 0.3) is 0 Å². The van der Waals surface area contributed by atoms with Gasteiger partial charge in [-0.1, -0.05) is 18.2 Å². The van der Waals surface area contributed by atoms with Gasteiger partial charge >= 0.3 is 0 Å². The molecule has 2 heterocycles. The van der Waals surface area contributed by atoms with Crippen LogP contribution in [-0.4, -0.2) is 42.5 Å². The summed E-state index contributed by atoms with van der Waals surface area (Å²) in [6, 6.07) is 7.09. The van der Waals surface area contributed by atoms with Crippen LogP contribution in [0.3, 0.4) is 0 Å². The fourth-order valence-corrected chi connectivity index (χ4v) is 4.74. The number of fused-ring (bicyclic) bond motifs is 1. The van der Waals surface area contributed by atoms with Crippen molar-refractivity contribution in [2.75, 3.05) is 20.3 Å². The topological polar surface area (TPSA) is 64.4 Å². The van der Waals surface area contributed by atoms with Crippen LogP contribution >= 0.6 is 0 Å². The number of benzene rings is 1. The minimum Gasteiger partial charge on any atom is -0.384 e. The van der Waals surface area contributed by atoms with Gasteiger partial charge in [-0.3, -0.25) is 0 Å². The molecule has 1 aromatic carbocycles. The molecule has 3 rings (SSSR count). The van der Waals surface area contributed by atoms with Crippen LogP contribution in [0.1, 0.15) is 11.3 Å². The van der Waals surface area contributed by atoms with E-state index in [0.29, 0.717) is 31.1 Å². The molecule has 1 aliphatic heterocycles. The normalized spacial score (nSPS) is 19.3. The van der Waals surface area contributed by atoms with Gasteiger partial charge < -0.3 is 9.30 Å². The summed E-state index contributed by atoms with van der Waals surface area (Å²) >= 11 is 0. The van der Waals surface area contributed by atoms with Crippen molar-refractivity contribution in [3.05, 3.63) is 48.0 Å². The maximum atomic E-state index is 13.1. The molecule has 0 amide bonds. The third-order valence-corrected chi connectivity index (χ3v) is 6.14. The van der Waals surface area contributed by atoms with Crippen LogP contribution < -0.4 is 0 Å². The summed E-state index contributed by atoms with van der Waals surface area (Å²) < 4.78 is 35.0. The van der Waals surface area contributed by atoms with E-state index in [4.69, 9.17) is 4.74 Å². The molecule has 1 unspecified atom stereocenters. The summed E-state index contributed by atoms with van der Waals surface area (Å²) in [4.78, 5) is 4.51. The van der Waals surface area contributed by atoms with Crippen molar-refractivity contribution in [1.82, 2.24) is 13.9 Å². The van der Waals surface area contributed by atoms with Gasteiger partial charge in [0.05, 0.1) is 30.1 Å². The molecule has 0 bridgehead atoms. The van der Waals surface area contributed by atoms with E-state index in [-0.39, 0.29) is 5.92 Å². The number of hydrogen-bond acceptors (Lipinski definition) is 4. The molecule has 0 saturated heterocycles. The lowest BCUT2D eigenvalue weighted by Gasteiger charge is -2.24. The van der Waals surface area contributed by atoms with Crippen molar-refractivity contribution in [3.8, 4) is 0 Å². The standard InChI is InChI=1S/C16H21N3O3S/c1-13-5-3-4-6-16(13)23(20,21)19-9-14(11-22-2)8-18-12-17-7-15(18)10-19/h3-7,12,14H,8-11H2,1-2H3. The van der Waals surface area contributed by atoms with Gasteiger partial charge in [0.2, 0.25) is 10.0 Å². The second-order valence-corrected chi connectivity index (χ2v) is 7.83. The van der Waals surface area contributed by atoms with E-state index in [1.807, 2.05) is 23.6 Å². The van der Waals surface area contributed by atoms with Gasteiger partial charge in [0.1, 0.15) is 0 Å². The predicted octanol–water partition coefficient (Wildman–Crippen LogP) is 1.66. The van der Waals surface area contributed by atoms with Crippen LogP contribution in [0.15, 0.2) is 41.7 Å². The van der Waals surface area contributed by atoms with E-state index in [1.54, 1.807) is 36.1 Å². The largest absolute Gasteiger partial charge is 0.384 e. The zero-order valence-electron chi connectivity index (χ0n) is 13.3. The van der Waals surface area contributed by atoms with Crippen LogP contribution in [0.5, 0.6) is 0 Å². The Kier molecular flexibility index (Phi) is 4.52. The summed E-state index contributed by atoms with van der Waals surface area (Å²) in [5.41, 5.74) is 1.66. The van der Waals surface area contributed by atoms with Gasteiger partial charge in [0, 0.05) is 32.3 Å². The van der Waals surface area contributed by atoms with Crippen LogP contribution in [0.2, 0.25) is 0 Å². The molecule has 0 radical (unpaired) electrons. The van der Waals surface area contributed by atoms with Crippen molar-refractivity contribution in [1.29, 1.82) is 0 Å². The maximum absolute atomic E-state index is 13.1. The molecule has 23 heavy (non-hydrogen) atoms. The Morgan fingerprint density at radius 2 is 2.09 bits per heavy atom. The van der Waals surface area contributed by atoms with Gasteiger partial charge in [-0.15, -0.1) is 0 Å². The molecule has 1 atom stereocenters.